The molecule has 2 aromatic heterocycles. The lowest BCUT2D eigenvalue weighted by molar-refractivity contribution is -0.135. The number of rotatable bonds is 5. The normalized spacial score (nSPS) is 17.5. The maximum absolute atomic E-state index is 13.5. The van der Waals surface area contributed by atoms with Crippen LogP contribution in [0.5, 0.6) is 0 Å². The van der Waals surface area contributed by atoms with Gasteiger partial charge in [-0.05, 0) is 56.9 Å². The molecule has 0 N–H and O–H groups in total. The van der Waals surface area contributed by atoms with Gasteiger partial charge in [-0.3, -0.25) is 4.79 Å². The van der Waals surface area contributed by atoms with Crippen LogP contribution < -0.4 is 4.90 Å². The molecule has 1 aliphatic heterocycles. The molecule has 8 heteroatoms. The van der Waals surface area contributed by atoms with Gasteiger partial charge in [0.1, 0.15) is 17.5 Å². The van der Waals surface area contributed by atoms with E-state index in [4.69, 9.17) is 15.1 Å². The van der Waals surface area contributed by atoms with E-state index >= 15 is 0 Å². The number of amides is 1. The third-order valence-electron chi connectivity index (χ3n) is 7.09. The molecule has 0 radical (unpaired) electrons. The van der Waals surface area contributed by atoms with E-state index in [2.05, 4.69) is 16.7 Å². The Morgan fingerprint density at radius 2 is 1.79 bits per heavy atom. The molecule has 1 aliphatic carbocycles. The number of benzene rings is 1. The van der Waals surface area contributed by atoms with Gasteiger partial charge in [-0.2, -0.15) is 5.10 Å². The molecule has 1 saturated carbocycles. The van der Waals surface area contributed by atoms with E-state index in [1.165, 1.54) is 25.0 Å². The highest BCUT2D eigenvalue weighted by molar-refractivity contribution is 5.91. The molecule has 0 spiro atoms. The molecule has 1 aromatic carbocycles. The van der Waals surface area contributed by atoms with Crippen molar-refractivity contribution in [2.75, 3.05) is 31.1 Å². The summed E-state index contributed by atoms with van der Waals surface area (Å²) in [7, 11) is 0. The number of fused-ring (bicyclic) bond motifs is 1. The third kappa shape index (κ3) is 4.38. The topological polar surface area (TPSA) is 67.2 Å². The summed E-state index contributed by atoms with van der Waals surface area (Å²) in [5.41, 5.74) is 2.37. The molecule has 3 aromatic rings. The first-order valence-corrected chi connectivity index (χ1v) is 12.6. The van der Waals surface area contributed by atoms with Crippen molar-refractivity contribution in [3.63, 3.8) is 0 Å². The molecule has 34 heavy (non-hydrogen) atoms. The van der Waals surface area contributed by atoms with E-state index in [0.717, 1.165) is 92.3 Å². The van der Waals surface area contributed by atoms with Gasteiger partial charge >= 0.3 is 0 Å². The Balaban J connectivity index is 1.49. The summed E-state index contributed by atoms with van der Waals surface area (Å²) in [5.74, 6) is 1.95. The summed E-state index contributed by atoms with van der Waals surface area (Å²) < 4.78 is 15.3. The quantitative estimate of drug-likeness (QED) is 0.558. The molecular weight excluding hydrogens is 431 g/mol. The zero-order valence-electron chi connectivity index (χ0n) is 20.1. The average Bonchev–Trinajstić information content (AvgIpc) is 3.41. The van der Waals surface area contributed by atoms with E-state index in [9.17, 15) is 9.18 Å². The Morgan fingerprint density at radius 1 is 1.03 bits per heavy atom. The van der Waals surface area contributed by atoms with Gasteiger partial charge in [0.25, 0.3) is 0 Å². The summed E-state index contributed by atoms with van der Waals surface area (Å²) in [4.78, 5) is 27.2. The van der Waals surface area contributed by atoms with E-state index in [-0.39, 0.29) is 11.7 Å². The first-order chi connectivity index (χ1) is 16.5. The number of aromatic nitrogens is 4. The number of hydrogen-bond acceptors (Lipinski definition) is 5. The van der Waals surface area contributed by atoms with Crippen LogP contribution in [0.1, 0.15) is 57.0 Å². The summed E-state index contributed by atoms with van der Waals surface area (Å²) >= 11 is 0. The van der Waals surface area contributed by atoms with Crippen molar-refractivity contribution < 1.29 is 9.18 Å². The van der Waals surface area contributed by atoms with Crippen LogP contribution in [0.2, 0.25) is 0 Å². The van der Waals surface area contributed by atoms with Gasteiger partial charge in [0.15, 0.2) is 5.65 Å². The van der Waals surface area contributed by atoms with E-state index < -0.39 is 0 Å². The maximum Gasteiger partial charge on any atom is 0.225 e. The zero-order chi connectivity index (χ0) is 23.7. The summed E-state index contributed by atoms with van der Waals surface area (Å²) in [6.45, 7) is 7.20. The van der Waals surface area contributed by atoms with Crippen LogP contribution in [0.4, 0.5) is 10.2 Å². The molecule has 1 amide bonds. The number of aryl methyl sites for hydroxylation is 2. The Labute approximate surface area is 200 Å². The summed E-state index contributed by atoms with van der Waals surface area (Å²) in [6, 6.07) is 6.33. The van der Waals surface area contributed by atoms with Crippen molar-refractivity contribution >= 4 is 22.8 Å². The Kier molecular flexibility index (Phi) is 6.48. The Hall–Kier alpha value is -3.03. The maximum atomic E-state index is 13.5. The minimum Gasteiger partial charge on any atom is -0.354 e. The number of nitrogens with zero attached hydrogens (tertiary/aromatic N) is 6. The van der Waals surface area contributed by atoms with Crippen LogP contribution >= 0.6 is 0 Å². The highest BCUT2D eigenvalue weighted by atomic mass is 19.1. The number of halogens is 1. The van der Waals surface area contributed by atoms with Gasteiger partial charge in [-0.15, -0.1) is 0 Å². The molecule has 0 unspecified atom stereocenters. The SMILES string of the molecule is CCCc1nc(N2CCCN(C(=O)C3CCCC3)CC2)c2c(C)nn(-c3ccc(F)cc3)c2n1. The number of carbonyl (C=O) groups excluding carboxylic acids is 1. The van der Waals surface area contributed by atoms with E-state index in [1.807, 2.05) is 6.92 Å². The number of hydrogen-bond donors (Lipinski definition) is 0. The van der Waals surface area contributed by atoms with Crippen LogP contribution in [-0.4, -0.2) is 56.7 Å². The van der Waals surface area contributed by atoms with E-state index in [1.54, 1.807) is 16.8 Å². The van der Waals surface area contributed by atoms with Gasteiger partial charge in [-0.1, -0.05) is 19.8 Å². The minimum absolute atomic E-state index is 0.213. The third-order valence-corrected chi connectivity index (χ3v) is 7.09. The van der Waals surface area contributed by atoms with Crippen LogP contribution in [-0.2, 0) is 11.2 Å². The van der Waals surface area contributed by atoms with Crippen LogP contribution in [0.3, 0.4) is 0 Å². The van der Waals surface area contributed by atoms with Crippen molar-refractivity contribution in [3.8, 4) is 5.69 Å². The van der Waals surface area contributed by atoms with E-state index in [0.29, 0.717) is 5.91 Å². The van der Waals surface area contributed by atoms with Gasteiger partial charge < -0.3 is 9.80 Å². The monoisotopic (exact) mass is 464 g/mol. The first kappa shape index (κ1) is 22.7. The molecule has 5 rings (SSSR count). The predicted molar refractivity (Wildman–Crippen MR) is 131 cm³/mol. The zero-order valence-corrected chi connectivity index (χ0v) is 20.1. The van der Waals surface area contributed by atoms with Gasteiger partial charge in [0.2, 0.25) is 5.91 Å². The molecule has 3 heterocycles. The van der Waals surface area contributed by atoms with Crippen molar-refractivity contribution in [1.82, 2.24) is 24.6 Å². The molecule has 2 aliphatic rings. The fourth-order valence-electron chi connectivity index (χ4n) is 5.31. The fourth-order valence-corrected chi connectivity index (χ4v) is 5.31. The van der Waals surface area contributed by atoms with Crippen LogP contribution in [0.15, 0.2) is 24.3 Å². The predicted octanol–water partition coefficient (Wildman–Crippen LogP) is 4.44. The molecule has 2 fully saturated rings. The van der Waals surface area contributed by atoms with Gasteiger partial charge in [-0.25, -0.2) is 19.0 Å². The standard InChI is InChI=1S/C26H33FN6O/c1-3-7-22-28-24(31-14-6-15-32(17-16-31)26(34)19-8-4-5-9-19)23-18(2)30-33(25(23)29-22)21-12-10-20(27)11-13-21/h10-13,19H,3-9,14-17H2,1-2H3. The molecular formula is C26H33FN6O. The lowest BCUT2D eigenvalue weighted by Gasteiger charge is -2.25. The van der Waals surface area contributed by atoms with Crippen molar-refractivity contribution in [2.24, 2.45) is 5.92 Å². The lowest BCUT2D eigenvalue weighted by atomic mass is 10.1. The summed E-state index contributed by atoms with van der Waals surface area (Å²) in [6.07, 6.45) is 7.05. The Morgan fingerprint density at radius 3 is 2.53 bits per heavy atom. The lowest BCUT2D eigenvalue weighted by Crippen LogP contribution is -2.38. The Bertz CT molecular complexity index is 1170. The second-order valence-electron chi connectivity index (χ2n) is 9.53. The smallest absolute Gasteiger partial charge is 0.225 e. The minimum atomic E-state index is -0.278. The second-order valence-corrected chi connectivity index (χ2v) is 9.53. The molecule has 180 valence electrons. The highest BCUT2D eigenvalue weighted by Gasteiger charge is 2.29. The highest BCUT2D eigenvalue weighted by Crippen LogP contribution is 2.31. The number of anilines is 1. The van der Waals surface area contributed by atoms with Gasteiger partial charge in [0.05, 0.1) is 16.8 Å². The molecule has 7 nitrogen and oxygen atoms in total. The average molecular weight is 465 g/mol. The number of carbonyl (C=O) groups is 1. The van der Waals surface area contributed by atoms with Crippen LogP contribution in [0, 0.1) is 18.7 Å². The van der Waals surface area contributed by atoms with Crippen LogP contribution in [0.25, 0.3) is 16.7 Å². The second kappa shape index (κ2) is 9.68. The molecule has 0 bridgehead atoms. The molecule has 1 saturated heterocycles. The largest absolute Gasteiger partial charge is 0.354 e. The van der Waals surface area contributed by atoms with Crippen molar-refractivity contribution in [1.29, 1.82) is 0 Å². The summed E-state index contributed by atoms with van der Waals surface area (Å²) in [5, 5.41) is 5.70. The molecule has 0 atom stereocenters. The van der Waals surface area contributed by atoms with Gasteiger partial charge in [0, 0.05) is 38.5 Å². The van der Waals surface area contributed by atoms with Crippen molar-refractivity contribution in [3.05, 3.63) is 41.6 Å². The first-order valence-electron chi connectivity index (χ1n) is 12.6. The van der Waals surface area contributed by atoms with Crippen molar-refractivity contribution in [2.45, 2.75) is 58.8 Å². The fraction of sp³-hybridized carbons (Fsp3) is 0.538.